The van der Waals surface area contributed by atoms with Crippen LogP contribution in [0.5, 0.6) is 5.75 Å². The summed E-state index contributed by atoms with van der Waals surface area (Å²) in [6, 6.07) is 10.3. The second-order valence-electron chi connectivity index (χ2n) is 7.00. The van der Waals surface area contributed by atoms with E-state index in [0.29, 0.717) is 5.56 Å². The number of ether oxygens (including phenoxy) is 1. The van der Waals surface area contributed by atoms with Crippen molar-refractivity contribution in [2.45, 2.75) is 19.4 Å². The molecule has 30 heavy (non-hydrogen) atoms. The molecule has 0 aliphatic carbocycles. The fourth-order valence-electron chi connectivity index (χ4n) is 3.15. The molecule has 1 atom stereocenters. The van der Waals surface area contributed by atoms with Crippen molar-refractivity contribution in [3.8, 4) is 5.75 Å². The number of nitrogens with zero attached hydrogens (tertiary/aromatic N) is 2. The average molecular weight is 412 g/mol. The summed E-state index contributed by atoms with van der Waals surface area (Å²) >= 11 is 0. The summed E-state index contributed by atoms with van der Waals surface area (Å²) in [7, 11) is 1.36. The van der Waals surface area contributed by atoms with Crippen molar-refractivity contribution < 1.29 is 24.0 Å². The van der Waals surface area contributed by atoms with E-state index in [1.807, 2.05) is 19.1 Å². The Kier molecular flexibility index (Phi) is 5.41. The number of imide groups is 1. The molecule has 2 aromatic carbocycles. The van der Waals surface area contributed by atoms with Crippen LogP contribution in [-0.2, 0) is 15.1 Å². The molecule has 0 spiro atoms. The van der Waals surface area contributed by atoms with Gasteiger partial charge < -0.3 is 15.4 Å². The third-order valence-corrected chi connectivity index (χ3v) is 4.88. The Labute approximate surface area is 172 Å². The van der Waals surface area contributed by atoms with Crippen LogP contribution in [0.2, 0.25) is 0 Å². The van der Waals surface area contributed by atoms with Crippen LogP contribution in [0.4, 0.5) is 16.2 Å². The van der Waals surface area contributed by atoms with Crippen molar-refractivity contribution >= 4 is 29.2 Å². The van der Waals surface area contributed by atoms with Gasteiger partial charge in [0.2, 0.25) is 5.91 Å². The molecule has 1 aliphatic heterocycles. The molecule has 2 N–H and O–H groups in total. The number of hydrogen-bond donors (Lipinski definition) is 2. The lowest BCUT2D eigenvalue weighted by Crippen LogP contribution is -2.42. The lowest BCUT2D eigenvalue weighted by molar-refractivity contribution is -0.384. The zero-order valence-electron chi connectivity index (χ0n) is 16.6. The molecule has 0 unspecified atom stereocenters. The molecular formula is C20H20N4O6. The number of nitro groups is 1. The van der Waals surface area contributed by atoms with Crippen LogP contribution < -0.4 is 15.4 Å². The Balaban J connectivity index is 1.77. The van der Waals surface area contributed by atoms with Crippen LogP contribution in [0.1, 0.15) is 18.1 Å². The molecule has 0 radical (unpaired) electrons. The van der Waals surface area contributed by atoms with E-state index in [-0.39, 0.29) is 17.1 Å². The molecule has 1 aliphatic rings. The lowest BCUT2D eigenvalue weighted by atomic mass is 9.91. The van der Waals surface area contributed by atoms with Crippen LogP contribution in [-0.4, -0.2) is 41.3 Å². The summed E-state index contributed by atoms with van der Waals surface area (Å²) in [6.07, 6.45) is 0. The minimum atomic E-state index is -1.31. The summed E-state index contributed by atoms with van der Waals surface area (Å²) in [5.41, 5.74) is -0.169. The van der Waals surface area contributed by atoms with Gasteiger partial charge in [0.1, 0.15) is 23.5 Å². The van der Waals surface area contributed by atoms with E-state index in [2.05, 4.69) is 10.6 Å². The van der Waals surface area contributed by atoms with Gasteiger partial charge in [0, 0.05) is 0 Å². The second-order valence-corrected chi connectivity index (χ2v) is 7.00. The van der Waals surface area contributed by atoms with E-state index in [9.17, 15) is 24.5 Å². The summed E-state index contributed by atoms with van der Waals surface area (Å²) in [5, 5.41) is 16.2. The Morgan fingerprint density at radius 3 is 2.50 bits per heavy atom. The molecule has 4 amide bonds. The zero-order chi connectivity index (χ0) is 22.1. The molecule has 10 nitrogen and oxygen atoms in total. The number of hydrogen-bond acceptors (Lipinski definition) is 6. The van der Waals surface area contributed by atoms with Gasteiger partial charge in [0.05, 0.1) is 18.1 Å². The van der Waals surface area contributed by atoms with Gasteiger partial charge in [-0.05, 0) is 31.5 Å². The van der Waals surface area contributed by atoms with Gasteiger partial charge in [0.15, 0.2) is 0 Å². The lowest BCUT2D eigenvalue weighted by Gasteiger charge is -2.22. The number of carbonyl (C=O) groups excluding carboxylic acids is 3. The van der Waals surface area contributed by atoms with E-state index in [1.165, 1.54) is 19.2 Å². The maximum atomic E-state index is 12.9. The highest BCUT2D eigenvalue weighted by atomic mass is 16.6. The van der Waals surface area contributed by atoms with Gasteiger partial charge in [-0.2, -0.15) is 0 Å². The van der Waals surface area contributed by atoms with Crippen molar-refractivity contribution in [1.29, 1.82) is 0 Å². The first-order valence-corrected chi connectivity index (χ1v) is 8.99. The second kappa shape index (κ2) is 7.82. The number of carbonyl (C=O) groups is 3. The van der Waals surface area contributed by atoms with Crippen LogP contribution in [0, 0.1) is 17.0 Å². The summed E-state index contributed by atoms with van der Waals surface area (Å²) in [6.45, 7) is 2.87. The molecular weight excluding hydrogens is 392 g/mol. The monoisotopic (exact) mass is 412 g/mol. The number of rotatable bonds is 6. The number of anilines is 1. The molecule has 3 rings (SSSR count). The van der Waals surface area contributed by atoms with Gasteiger partial charge in [-0.15, -0.1) is 0 Å². The topological polar surface area (TPSA) is 131 Å². The highest BCUT2D eigenvalue weighted by molar-refractivity contribution is 6.10. The van der Waals surface area contributed by atoms with Crippen molar-refractivity contribution in [3.63, 3.8) is 0 Å². The molecule has 10 heteroatoms. The Bertz CT molecular complexity index is 1040. The SMILES string of the molecule is COc1ccc(NC(=O)CN2C(=O)N[C@@](C)(c3ccc(C)cc3)C2=O)c([N+](=O)[O-])c1. The Hall–Kier alpha value is -3.95. The van der Waals surface area contributed by atoms with Gasteiger partial charge in [-0.1, -0.05) is 29.8 Å². The standard InChI is InChI=1S/C20H20N4O6/c1-12-4-6-13(7-5-12)20(2)18(26)23(19(27)22-20)11-17(25)21-15-9-8-14(30-3)10-16(15)24(28)29/h4-10H,11H2,1-3H3,(H,21,25)(H,22,27)/t20-/m0/s1. The highest BCUT2D eigenvalue weighted by Crippen LogP contribution is 2.30. The van der Waals surface area contributed by atoms with Crippen molar-refractivity contribution in [1.82, 2.24) is 10.2 Å². The predicted molar refractivity (Wildman–Crippen MR) is 107 cm³/mol. The van der Waals surface area contributed by atoms with E-state index in [0.717, 1.165) is 16.5 Å². The number of amides is 4. The van der Waals surface area contributed by atoms with Crippen LogP contribution in [0.25, 0.3) is 0 Å². The fraction of sp³-hybridized carbons (Fsp3) is 0.250. The molecule has 156 valence electrons. The number of benzene rings is 2. The van der Waals surface area contributed by atoms with Gasteiger partial charge >= 0.3 is 6.03 Å². The van der Waals surface area contributed by atoms with Crippen molar-refractivity contribution in [2.24, 2.45) is 0 Å². The van der Waals surface area contributed by atoms with Crippen LogP contribution >= 0.6 is 0 Å². The van der Waals surface area contributed by atoms with Gasteiger partial charge in [-0.25, -0.2) is 4.79 Å². The number of methoxy groups -OCH3 is 1. The number of urea groups is 1. The zero-order valence-corrected chi connectivity index (χ0v) is 16.6. The average Bonchev–Trinajstić information content (AvgIpc) is 2.92. The van der Waals surface area contributed by atoms with E-state index in [4.69, 9.17) is 4.74 Å². The smallest absolute Gasteiger partial charge is 0.325 e. The third kappa shape index (κ3) is 3.79. The third-order valence-electron chi connectivity index (χ3n) is 4.88. The predicted octanol–water partition coefficient (Wildman–Crippen LogP) is 2.32. The Morgan fingerprint density at radius 2 is 1.90 bits per heavy atom. The summed E-state index contributed by atoms with van der Waals surface area (Å²) < 4.78 is 4.95. The van der Waals surface area contributed by atoms with Crippen LogP contribution in [0.3, 0.4) is 0 Å². The molecule has 0 aromatic heterocycles. The maximum absolute atomic E-state index is 12.9. The van der Waals surface area contributed by atoms with E-state index < -0.39 is 34.9 Å². The fourth-order valence-corrected chi connectivity index (χ4v) is 3.15. The molecule has 2 aromatic rings. The van der Waals surface area contributed by atoms with E-state index in [1.54, 1.807) is 19.1 Å². The quantitative estimate of drug-likeness (QED) is 0.425. The van der Waals surface area contributed by atoms with Crippen molar-refractivity contribution in [3.05, 3.63) is 63.7 Å². The first-order valence-electron chi connectivity index (χ1n) is 8.99. The number of aryl methyl sites for hydroxylation is 1. The Morgan fingerprint density at radius 1 is 1.23 bits per heavy atom. The first-order chi connectivity index (χ1) is 14.2. The highest BCUT2D eigenvalue weighted by Gasteiger charge is 2.49. The maximum Gasteiger partial charge on any atom is 0.325 e. The molecule has 1 fully saturated rings. The minimum absolute atomic E-state index is 0.0702. The molecule has 1 saturated heterocycles. The largest absolute Gasteiger partial charge is 0.496 e. The van der Waals surface area contributed by atoms with Gasteiger partial charge in [-0.3, -0.25) is 24.6 Å². The number of nitro benzene ring substituents is 1. The van der Waals surface area contributed by atoms with Crippen molar-refractivity contribution in [2.75, 3.05) is 19.0 Å². The molecule has 1 heterocycles. The van der Waals surface area contributed by atoms with Gasteiger partial charge in [0.25, 0.3) is 11.6 Å². The first kappa shape index (κ1) is 20.8. The van der Waals surface area contributed by atoms with E-state index >= 15 is 0 Å². The van der Waals surface area contributed by atoms with Crippen LogP contribution in [0.15, 0.2) is 42.5 Å². The molecule has 0 saturated carbocycles. The summed E-state index contributed by atoms with van der Waals surface area (Å²) in [5.74, 6) is -1.08. The normalized spacial score (nSPS) is 18.2. The number of nitrogens with one attached hydrogen (secondary N) is 2. The summed E-state index contributed by atoms with van der Waals surface area (Å²) in [4.78, 5) is 49.1. The minimum Gasteiger partial charge on any atom is -0.496 e. The molecule has 0 bridgehead atoms.